The van der Waals surface area contributed by atoms with E-state index in [0.717, 1.165) is 18.7 Å². The van der Waals surface area contributed by atoms with E-state index in [1.165, 1.54) is 0 Å². The van der Waals surface area contributed by atoms with Crippen molar-refractivity contribution in [3.63, 3.8) is 0 Å². The van der Waals surface area contributed by atoms with Crippen LogP contribution in [0.2, 0.25) is 0 Å². The highest BCUT2D eigenvalue weighted by Gasteiger charge is 2.11. The fourth-order valence-electron chi connectivity index (χ4n) is 1.91. The summed E-state index contributed by atoms with van der Waals surface area (Å²) in [5.74, 6) is 0. The second-order valence-corrected chi connectivity index (χ2v) is 5.09. The molecule has 5 nitrogen and oxygen atoms in total. The highest BCUT2D eigenvalue weighted by Crippen LogP contribution is 1.99. The normalized spacial score (nSPS) is 14.4. The van der Waals surface area contributed by atoms with Crippen LogP contribution in [-0.2, 0) is 15.9 Å². The van der Waals surface area contributed by atoms with Gasteiger partial charge in [0.05, 0.1) is 25.4 Å². The molecule has 1 rings (SSSR count). The van der Waals surface area contributed by atoms with Gasteiger partial charge in [-0.25, -0.2) is 0 Å². The lowest BCUT2D eigenvalue weighted by atomic mass is 10.2. The van der Waals surface area contributed by atoms with Crippen LogP contribution in [0.4, 0.5) is 0 Å². The van der Waals surface area contributed by atoms with Crippen molar-refractivity contribution in [2.75, 3.05) is 40.5 Å². The lowest BCUT2D eigenvalue weighted by molar-refractivity contribution is -0.0380. The minimum Gasteiger partial charge on any atom is -0.389 e. The molecule has 0 spiro atoms. The van der Waals surface area contributed by atoms with Crippen molar-refractivity contribution in [2.24, 2.45) is 0 Å². The largest absolute Gasteiger partial charge is 0.389 e. The summed E-state index contributed by atoms with van der Waals surface area (Å²) in [7, 11) is 3.63. The predicted molar refractivity (Wildman–Crippen MR) is 78.7 cm³/mol. The second kappa shape index (κ2) is 9.83. The average Bonchev–Trinajstić information content (AvgIpc) is 2.44. The van der Waals surface area contributed by atoms with Crippen molar-refractivity contribution in [2.45, 2.75) is 25.6 Å². The van der Waals surface area contributed by atoms with Gasteiger partial charge in [-0.05, 0) is 26.1 Å². The summed E-state index contributed by atoms with van der Waals surface area (Å²) in [6, 6.07) is 5.91. The number of pyridine rings is 1. The van der Waals surface area contributed by atoms with Crippen molar-refractivity contribution < 1.29 is 14.6 Å². The zero-order chi connectivity index (χ0) is 14.8. The van der Waals surface area contributed by atoms with Crippen molar-refractivity contribution >= 4 is 0 Å². The summed E-state index contributed by atoms with van der Waals surface area (Å²) in [5.41, 5.74) is 1.07. The first-order valence-electron chi connectivity index (χ1n) is 6.99. The van der Waals surface area contributed by atoms with E-state index in [9.17, 15) is 5.11 Å². The third-order valence-corrected chi connectivity index (χ3v) is 2.97. The first kappa shape index (κ1) is 17.0. The molecule has 1 N–H and O–H groups in total. The quantitative estimate of drug-likeness (QED) is 0.693. The molecular formula is C15H26N2O3. The maximum atomic E-state index is 9.91. The molecule has 0 saturated heterocycles. The zero-order valence-electron chi connectivity index (χ0n) is 12.7. The third-order valence-electron chi connectivity index (χ3n) is 2.97. The van der Waals surface area contributed by atoms with Gasteiger partial charge in [0.1, 0.15) is 0 Å². The molecule has 20 heavy (non-hydrogen) atoms. The van der Waals surface area contributed by atoms with Crippen LogP contribution >= 0.6 is 0 Å². The van der Waals surface area contributed by atoms with Gasteiger partial charge in [0.2, 0.25) is 0 Å². The Morgan fingerprint density at radius 1 is 1.35 bits per heavy atom. The Morgan fingerprint density at radius 2 is 2.15 bits per heavy atom. The van der Waals surface area contributed by atoms with Gasteiger partial charge in [-0.1, -0.05) is 6.07 Å². The molecule has 0 radical (unpaired) electrons. The lowest BCUT2D eigenvalue weighted by Crippen LogP contribution is -2.34. The molecule has 1 aromatic rings. The molecule has 0 bridgehead atoms. The van der Waals surface area contributed by atoms with Gasteiger partial charge in [0.15, 0.2) is 0 Å². The molecule has 0 aromatic carbocycles. The first-order chi connectivity index (χ1) is 9.61. The fourth-order valence-corrected chi connectivity index (χ4v) is 1.91. The molecule has 0 saturated carbocycles. The van der Waals surface area contributed by atoms with Crippen LogP contribution in [0.25, 0.3) is 0 Å². The summed E-state index contributed by atoms with van der Waals surface area (Å²) in [6.45, 7) is 4.26. The first-order valence-corrected chi connectivity index (χ1v) is 6.99. The van der Waals surface area contributed by atoms with E-state index in [4.69, 9.17) is 9.47 Å². The highest BCUT2D eigenvalue weighted by atomic mass is 16.5. The summed E-state index contributed by atoms with van der Waals surface area (Å²) in [5, 5.41) is 9.91. The maximum Gasteiger partial charge on any atom is 0.0900 e. The number of rotatable bonds is 10. The topological polar surface area (TPSA) is 54.8 Å². The molecule has 2 atom stereocenters. The van der Waals surface area contributed by atoms with E-state index in [0.29, 0.717) is 19.8 Å². The van der Waals surface area contributed by atoms with Crippen molar-refractivity contribution in [1.82, 2.24) is 9.88 Å². The number of aliphatic hydroxyl groups excluding tert-OH is 1. The van der Waals surface area contributed by atoms with Crippen LogP contribution in [-0.4, -0.2) is 67.7 Å². The van der Waals surface area contributed by atoms with Crippen LogP contribution in [0.3, 0.4) is 0 Å². The van der Waals surface area contributed by atoms with E-state index >= 15 is 0 Å². The van der Waals surface area contributed by atoms with E-state index < -0.39 is 6.10 Å². The van der Waals surface area contributed by atoms with Crippen molar-refractivity contribution in [1.29, 1.82) is 0 Å². The minimum absolute atomic E-state index is 0.00785. The molecular weight excluding hydrogens is 256 g/mol. The Bertz CT molecular complexity index is 348. The monoisotopic (exact) mass is 282 g/mol. The molecule has 0 fully saturated rings. The van der Waals surface area contributed by atoms with Gasteiger partial charge >= 0.3 is 0 Å². The molecule has 0 aliphatic rings. The Hall–Kier alpha value is -1.01. The van der Waals surface area contributed by atoms with E-state index in [1.54, 1.807) is 13.3 Å². The minimum atomic E-state index is -0.483. The summed E-state index contributed by atoms with van der Waals surface area (Å²) < 4.78 is 10.5. The molecule has 114 valence electrons. The molecule has 5 heteroatoms. The summed E-state index contributed by atoms with van der Waals surface area (Å²) in [6.07, 6.45) is 2.21. The average molecular weight is 282 g/mol. The number of aliphatic hydroxyl groups is 1. The van der Waals surface area contributed by atoms with E-state index in [-0.39, 0.29) is 6.10 Å². The molecule has 0 amide bonds. The Morgan fingerprint density at radius 3 is 2.80 bits per heavy atom. The van der Waals surface area contributed by atoms with Gasteiger partial charge in [-0.15, -0.1) is 0 Å². The third kappa shape index (κ3) is 7.55. The number of hydrogen-bond acceptors (Lipinski definition) is 5. The standard InChI is InChI=1S/C15H26N2O3/c1-13(11-19-3)20-12-15(18)10-17(2)9-7-14-6-4-5-8-16-14/h4-6,8,13,15,18H,7,9-12H2,1-3H3. The van der Waals surface area contributed by atoms with Gasteiger partial charge in [0, 0.05) is 38.5 Å². The van der Waals surface area contributed by atoms with E-state index in [2.05, 4.69) is 9.88 Å². The van der Waals surface area contributed by atoms with Crippen LogP contribution in [0.15, 0.2) is 24.4 Å². The van der Waals surface area contributed by atoms with E-state index in [1.807, 2.05) is 32.2 Å². The highest BCUT2D eigenvalue weighted by molar-refractivity contribution is 5.03. The maximum absolute atomic E-state index is 9.91. The number of methoxy groups -OCH3 is 1. The zero-order valence-corrected chi connectivity index (χ0v) is 12.7. The molecule has 1 heterocycles. The van der Waals surface area contributed by atoms with Crippen molar-refractivity contribution in [3.05, 3.63) is 30.1 Å². The van der Waals surface area contributed by atoms with Gasteiger partial charge < -0.3 is 19.5 Å². The SMILES string of the molecule is COCC(C)OCC(O)CN(C)CCc1ccccn1. The predicted octanol–water partition coefficient (Wildman–Crippen LogP) is 0.968. The molecule has 0 aliphatic heterocycles. The number of ether oxygens (including phenoxy) is 2. The van der Waals surface area contributed by atoms with Gasteiger partial charge in [0.25, 0.3) is 0 Å². The fraction of sp³-hybridized carbons (Fsp3) is 0.667. The van der Waals surface area contributed by atoms with Gasteiger partial charge in [-0.3, -0.25) is 4.98 Å². The Balaban J connectivity index is 2.16. The number of hydrogen-bond donors (Lipinski definition) is 1. The summed E-state index contributed by atoms with van der Waals surface area (Å²) in [4.78, 5) is 6.37. The number of likely N-dealkylation sites (N-methyl/N-ethyl adjacent to an activating group) is 1. The molecule has 0 aliphatic carbocycles. The van der Waals surface area contributed by atoms with Crippen LogP contribution in [0, 0.1) is 0 Å². The van der Waals surface area contributed by atoms with Gasteiger partial charge in [-0.2, -0.15) is 0 Å². The number of aromatic nitrogens is 1. The second-order valence-electron chi connectivity index (χ2n) is 5.09. The van der Waals surface area contributed by atoms with Crippen LogP contribution in [0.5, 0.6) is 0 Å². The molecule has 2 unspecified atom stereocenters. The van der Waals surface area contributed by atoms with Crippen molar-refractivity contribution in [3.8, 4) is 0 Å². The lowest BCUT2D eigenvalue weighted by Gasteiger charge is -2.21. The van der Waals surface area contributed by atoms with Crippen LogP contribution in [0.1, 0.15) is 12.6 Å². The Labute approximate surface area is 121 Å². The number of nitrogens with zero attached hydrogens (tertiary/aromatic N) is 2. The molecule has 1 aromatic heterocycles. The summed E-state index contributed by atoms with van der Waals surface area (Å²) >= 11 is 0. The van der Waals surface area contributed by atoms with Crippen LogP contribution < -0.4 is 0 Å². The smallest absolute Gasteiger partial charge is 0.0900 e. The Kier molecular flexibility index (Phi) is 8.37.